The minimum Gasteiger partial charge on any atom is -0.357 e. The van der Waals surface area contributed by atoms with Crippen LogP contribution in [0.1, 0.15) is 29.4 Å². The van der Waals surface area contributed by atoms with Crippen LogP contribution in [0.15, 0.2) is 35.3 Å². The monoisotopic (exact) mass is 441 g/mol. The van der Waals surface area contributed by atoms with Gasteiger partial charge in [0.15, 0.2) is 5.96 Å². The average Bonchev–Trinajstić information content (AvgIpc) is 2.79. The van der Waals surface area contributed by atoms with Crippen molar-refractivity contribution in [2.75, 3.05) is 13.1 Å². The summed E-state index contributed by atoms with van der Waals surface area (Å²) in [6.45, 7) is 8.55. The van der Waals surface area contributed by atoms with Crippen LogP contribution in [0.5, 0.6) is 0 Å². The third kappa shape index (κ3) is 5.81. The molecule has 2 N–H and O–H groups in total. The van der Waals surface area contributed by atoms with Crippen molar-refractivity contribution < 1.29 is 0 Å². The number of nitrogens with zero attached hydrogens (tertiary/aromatic N) is 3. The van der Waals surface area contributed by atoms with E-state index >= 15 is 0 Å². The normalized spacial score (nSPS) is 11.1. The highest BCUT2D eigenvalue weighted by Gasteiger charge is 2.08. The van der Waals surface area contributed by atoms with Crippen LogP contribution in [0.25, 0.3) is 0 Å². The lowest BCUT2D eigenvalue weighted by atomic mass is 10.1. The smallest absolute Gasteiger partial charge is 0.191 e. The van der Waals surface area contributed by atoms with E-state index in [2.05, 4.69) is 53.8 Å². The highest BCUT2D eigenvalue weighted by Crippen LogP contribution is 2.12. The Morgan fingerprint density at radius 1 is 1.17 bits per heavy atom. The summed E-state index contributed by atoms with van der Waals surface area (Å²) in [5, 5.41) is 11.1. The first-order valence-corrected chi connectivity index (χ1v) is 8.17. The standard InChI is InChI=1S/C18H27N5.HI/c1-5-19-18(20-12-11-16-9-7-6-8-10-16)21-13-17-14(2)22-23(4)15(17)3;/h6-10H,5,11-13H2,1-4H3,(H2,19,20,21);1H. The van der Waals surface area contributed by atoms with E-state index in [0.29, 0.717) is 6.54 Å². The van der Waals surface area contributed by atoms with Gasteiger partial charge in [-0.05, 0) is 32.8 Å². The molecule has 2 aromatic rings. The summed E-state index contributed by atoms with van der Waals surface area (Å²) in [5.41, 5.74) is 4.75. The van der Waals surface area contributed by atoms with Gasteiger partial charge in [-0.3, -0.25) is 4.68 Å². The van der Waals surface area contributed by atoms with Gasteiger partial charge >= 0.3 is 0 Å². The molecule has 2 rings (SSSR count). The molecule has 24 heavy (non-hydrogen) atoms. The molecule has 0 bridgehead atoms. The average molecular weight is 441 g/mol. The van der Waals surface area contributed by atoms with Crippen molar-refractivity contribution in [3.8, 4) is 0 Å². The molecule has 1 aromatic carbocycles. The van der Waals surface area contributed by atoms with Gasteiger partial charge in [0.25, 0.3) is 0 Å². The van der Waals surface area contributed by atoms with E-state index in [0.717, 1.165) is 31.2 Å². The van der Waals surface area contributed by atoms with E-state index in [1.165, 1.54) is 16.8 Å². The summed E-state index contributed by atoms with van der Waals surface area (Å²) in [4.78, 5) is 4.69. The summed E-state index contributed by atoms with van der Waals surface area (Å²) in [6.07, 6.45) is 0.982. The van der Waals surface area contributed by atoms with Gasteiger partial charge in [0.1, 0.15) is 0 Å². The molecular formula is C18H28IN5. The van der Waals surface area contributed by atoms with Gasteiger partial charge in [0.2, 0.25) is 0 Å². The zero-order chi connectivity index (χ0) is 16.7. The lowest BCUT2D eigenvalue weighted by Gasteiger charge is -2.11. The highest BCUT2D eigenvalue weighted by molar-refractivity contribution is 14.0. The molecule has 132 valence electrons. The molecule has 0 saturated carbocycles. The maximum atomic E-state index is 4.69. The number of benzene rings is 1. The summed E-state index contributed by atoms with van der Waals surface area (Å²) in [7, 11) is 1.97. The Morgan fingerprint density at radius 2 is 1.88 bits per heavy atom. The van der Waals surface area contributed by atoms with Crippen molar-refractivity contribution in [1.82, 2.24) is 20.4 Å². The Hall–Kier alpha value is -1.57. The van der Waals surface area contributed by atoms with Gasteiger partial charge in [-0.1, -0.05) is 30.3 Å². The Bertz CT molecular complexity index is 649. The van der Waals surface area contributed by atoms with Crippen molar-refractivity contribution in [3.63, 3.8) is 0 Å². The fourth-order valence-electron chi connectivity index (χ4n) is 2.52. The second-order valence-electron chi connectivity index (χ2n) is 5.63. The van der Waals surface area contributed by atoms with Gasteiger partial charge in [-0.2, -0.15) is 5.10 Å². The van der Waals surface area contributed by atoms with Crippen LogP contribution in [0.4, 0.5) is 0 Å². The number of aliphatic imine (C=N–C) groups is 1. The molecule has 0 radical (unpaired) electrons. The molecule has 6 heteroatoms. The topological polar surface area (TPSA) is 54.2 Å². The predicted octanol–water partition coefficient (Wildman–Crippen LogP) is 2.95. The van der Waals surface area contributed by atoms with E-state index in [1.54, 1.807) is 0 Å². The minimum atomic E-state index is 0. The molecule has 0 aliphatic heterocycles. The largest absolute Gasteiger partial charge is 0.357 e. The molecule has 0 unspecified atom stereocenters. The van der Waals surface area contributed by atoms with E-state index in [9.17, 15) is 0 Å². The first-order chi connectivity index (χ1) is 11.1. The predicted molar refractivity (Wildman–Crippen MR) is 111 cm³/mol. The number of hydrogen-bond acceptors (Lipinski definition) is 2. The van der Waals surface area contributed by atoms with Crippen molar-refractivity contribution in [2.24, 2.45) is 12.0 Å². The molecule has 0 atom stereocenters. The first-order valence-electron chi connectivity index (χ1n) is 8.17. The van der Waals surface area contributed by atoms with Gasteiger partial charge in [-0.15, -0.1) is 24.0 Å². The quantitative estimate of drug-likeness (QED) is 0.412. The number of rotatable bonds is 6. The van der Waals surface area contributed by atoms with Crippen LogP contribution >= 0.6 is 24.0 Å². The molecule has 0 aliphatic carbocycles. The Morgan fingerprint density at radius 3 is 2.46 bits per heavy atom. The molecule has 5 nitrogen and oxygen atoms in total. The van der Waals surface area contributed by atoms with E-state index < -0.39 is 0 Å². The van der Waals surface area contributed by atoms with Crippen LogP contribution in [-0.4, -0.2) is 28.8 Å². The summed E-state index contributed by atoms with van der Waals surface area (Å²) < 4.78 is 1.91. The highest BCUT2D eigenvalue weighted by atomic mass is 127. The lowest BCUT2D eigenvalue weighted by molar-refractivity contribution is 0.730. The third-order valence-corrected chi connectivity index (χ3v) is 3.95. The Kier molecular flexibility index (Phi) is 8.81. The van der Waals surface area contributed by atoms with Crippen LogP contribution in [0.3, 0.4) is 0 Å². The second kappa shape index (κ2) is 10.3. The third-order valence-electron chi connectivity index (χ3n) is 3.95. The lowest BCUT2D eigenvalue weighted by Crippen LogP contribution is -2.38. The number of guanidine groups is 1. The van der Waals surface area contributed by atoms with E-state index in [1.807, 2.05) is 24.7 Å². The second-order valence-corrected chi connectivity index (χ2v) is 5.63. The zero-order valence-corrected chi connectivity index (χ0v) is 17.3. The van der Waals surface area contributed by atoms with Crippen molar-refractivity contribution >= 4 is 29.9 Å². The number of halogens is 1. The van der Waals surface area contributed by atoms with E-state index in [4.69, 9.17) is 4.99 Å². The van der Waals surface area contributed by atoms with Crippen LogP contribution in [-0.2, 0) is 20.0 Å². The minimum absolute atomic E-state index is 0. The van der Waals surface area contributed by atoms with Crippen molar-refractivity contribution in [2.45, 2.75) is 33.7 Å². The molecule has 1 aromatic heterocycles. The molecule has 0 amide bonds. The zero-order valence-electron chi connectivity index (χ0n) is 15.0. The van der Waals surface area contributed by atoms with Gasteiger partial charge in [-0.25, -0.2) is 4.99 Å². The molecule has 0 aliphatic rings. The van der Waals surface area contributed by atoms with Gasteiger partial charge < -0.3 is 10.6 Å². The molecule has 0 spiro atoms. The number of nitrogens with one attached hydrogen (secondary N) is 2. The number of aryl methyl sites for hydroxylation is 2. The summed E-state index contributed by atoms with van der Waals surface area (Å²) in [5.74, 6) is 0.853. The van der Waals surface area contributed by atoms with Crippen LogP contribution in [0.2, 0.25) is 0 Å². The fourth-order valence-corrected chi connectivity index (χ4v) is 2.52. The summed E-state index contributed by atoms with van der Waals surface area (Å²) in [6, 6.07) is 10.5. The SMILES string of the molecule is CCNC(=NCc1c(C)nn(C)c1C)NCCc1ccccc1.I. The van der Waals surface area contributed by atoms with Crippen molar-refractivity contribution in [3.05, 3.63) is 52.8 Å². The molecular weight excluding hydrogens is 413 g/mol. The summed E-state index contributed by atoms with van der Waals surface area (Å²) >= 11 is 0. The number of hydrogen-bond donors (Lipinski definition) is 2. The van der Waals surface area contributed by atoms with Crippen LogP contribution in [0, 0.1) is 13.8 Å². The van der Waals surface area contributed by atoms with Crippen molar-refractivity contribution in [1.29, 1.82) is 0 Å². The van der Waals surface area contributed by atoms with Crippen LogP contribution < -0.4 is 10.6 Å². The molecule has 0 saturated heterocycles. The maximum absolute atomic E-state index is 4.69. The van der Waals surface area contributed by atoms with Gasteiger partial charge in [0, 0.05) is 31.4 Å². The fraction of sp³-hybridized carbons (Fsp3) is 0.444. The molecule has 1 heterocycles. The Balaban J connectivity index is 0.00000288. The first kappa shape index (κ1) is 20.5. The Labute approximate surface area is 162 Å². The maximum Gasteiger partial charge on any atom is 0.191 e. The van der Waals surface area contributed by atoms with E-state index in [-0.39, 0.29) is 24.0 Å². The molecule has 0 fully saturated rings. The van der Waals surface area contributed by atoms with Gasteiger partial charge in [0.05, 0.1) is 12.2 Å². The number of aromatic nitrogens is 2.